The van der Waals surface area contributed by atoms with Gasteiger partial charge in [0.25, 0.3) is 0 Å². The van der Waals surface area contributed by atoms with Crippen molar-refractivity contribution in [3.8, 4) is 22.9 Å². The predicted octanol–water partition coefficient (Wildman–Crippen LogP) is 7.52. The second-order valence-electron chi connectivity index (χ2n) is 11.0. The molecule has 1 aliphatic heterocycles. The molecule has 3 aromatic carbocycles. The number of ether oxygens (including phenoxy) is 3. The first-order valence-corrected chi connectivity index (χ1v) is 13.5. The van der Waals surface area contributed by atoms with Gasteiger partial charge in [-0.3, -0.25) is 0 Å². The fourth-order valence-electron chi connectivity index (χ4n) is 4.51. The number of hydrogen-bond acceptors (Lipinski definition) is 5. The van der Waals surface area contributed by atoms with E-state index in [0.717, 1.165) is 11.1 Å². The normalized spacial score (nSPS) is 13.4. The molecule has 212 valence electrons. The van der Waals surface area contributed by atoms with Gasteiger partial charge >= 0.3 is 6.09 Å². The highest BCUT2D eigenvalue weighted by Gasteiger charge is 2.35. The van der Waals surface area contributed by atoms with E-state index in [1.54, 1.807) is 32.9 Å². The van der Waals surface area contributed by atoms with Gasteiger partial charge in [-0.1, -0.05) is 60.7 Å². The SMILES string of the molecule is CC(C)(C)OC(=O)N1CC(c2cc(F)c(-c3ccc(OCc4ccccc4)nc3OCc3ccccc3)c(F)c2)C1. The molecule has 0 saturated carbocycles. The number of likely N-dealkylation sites (tertiary alicyclic amines) is 1. The van der Waals surface area contributed by atoms with Crippen molar-refractivity contribution in [3.05, 3.63) is 113 Å². The Morgan fingerprint density at radius 2 is 1.41 bits per heavy atom. The summed E-state index contributed by atoms with van der Waals surface area (Å²) in [5.41, 5.74) is 1.65. The van der Waals surface area contributed by atoms with E-state index in [9.17, 15) is 4.79 Å². The molecule has 4 aromatic rings. The standard InChI is InChI=1S/C33H32F2N2O4/c1-33(2,3)41-32(38)37-18-25(19-37)24-16-27(34)30(28(35)17-24)26-14-15-29(39-20-22-10-6-4-7-11-22)36-31(26)40-21-23-12-8-5-9-13-23/h4-17,25H,18-21H2,1-3H3. The van der Waals surface area contributed by atoms with Crippen LogP contribution in [-0.4, -0.2) is 34.7 Å². The first kappa shape index (κ1) is 28.1. The number of pyridine rings is 1. The van der Waals surface area contributed by atoms with E-state index in [2.05, 4.69) is 4.98 Å². The number of carbonyl (C=O) groups is 1. The molecule has 1 fully saturated rings. The smallest absolute Gasteiger partial charge is 0.410 e. The van der Waals surface area contributed by atoms with Gasteiger partial charge in [-0.15, -0.1) is 0 Å². The molecule has 1 saturated heterocycles. The number of hydrogen-bond donors (Lipinski definition) is 0. The lowest BCUT2D eigenvalue weighted by Crippen LogP contribution is -2.50. The zero-order chi connectivity index (χ0) is 29.0. The minimum absolute atomic E-state index is 0.0599. The van der Waals surface area contributed by atoms with Gasteiger partial charge in [0.2, 0.25) is 11.8 Å². The average Bonchev–Trinajstić information content (AvgIpc) is 2.90. The van der Waals surface area contributed by atoms with Gasteiger partial charge < -0.3 is 19.1 Å². The van der Waals surface area contributed by atoms with Crippen LogP contribution in [0.1, 0.15) is 43.4 Å². The summed E-state index contributed by atoms with van der Waals surface area (Å²) in [5, 5.41) is 0. The van der Waals surface area contributed by atoms with Crippen molar-refractivity contribution in [3.63, 3.8) is 0 Å². The van der Waals surface area contributed by atoms with Crippen molar-refractivity contribution in [1.29, 1.82) is 0 Å². The highest BCUT2D eigenvalue weighted by atomic mass is 19.1. The number of rotatable bonds is 8. The van der Waals surface area contributed by atoms with Crippen LogP contribution in [0.3, 0.4) is 0 Å². The summed E-state index contributed by atoms with van der Waals surface area (Å²) in [5.74, 6) is -1.33. The third kappa shape index (κ3) is 7.01. The molecule has 5 rings (SSSR count). The maximum Gasteiger partial charge on any atom is 0.410 e. The van der Waals surface area contributed by atoms with Crippen molar-refractivity contribution >= 4 is 6.09 Å². The largest absolute Gasteiger partial charge is 0.473 e. The Kier molecular flexibility index (Phi) is 8.19. The lowest BCUT2D eigenvalue weighted by atomic mass is 9.90. The Bertz CT molecular complexity index is 1480. The number of amides is 1. The highest BCUT2D eigenvalue weighted by molar-refractivity contribution is 5.72. The van der Waals surface area contributed by atoms with E-state index in [0.29, 0.717) is 18.7 Å². The van der Waals surface area contributed by atoms with Crippen LogP contribution in [0.15, 0.2) is 84.9 Å². The number of aromatic nitrogens is 1. The molecule has 0 bridgehead atoms. The molecule has 8 heteroatoms. The lowest BCUT2D eigenvalue weighted by molar-refractivity contribution is 0.00816. The third-order valence-electron chi connectivity index (χ3n) is 6.62. The van der Waals surface area contributed by atoms with Crippen molar-refractivity contribution in [2.45, 2.75) is 45.5 Å². The quantitative estimate of drug-likeness (QED) is 0.224. The monoisotopic (exact) mass is 558 g/mol. The number of carbonyl (C=O) groups excluding carboxylic acids is 1. The molecule has 6 nitrogen and oxygen atoms in total. The summed E-state index contributed by atoms with van der Waals surface area (Å²) in [6, 6.07) is 24.8. The fraction of sp³-hybridized carbons (Fsp3) is 0.273. The zero-order valence-electron chi connectivity index (χ0n) is 23.3. The Morgan fingerprint density at radius 3 is 1.98 bits per heavy atom. The van der Waals surface area contributed by atoms with E-state index in [1.165, 1.54) is 17.0 Å². The summed E-state index contributed by atoms with van der Waals surface area (Å²) < 4.78 is 48.3. The van der Waals surface area contributed by atoms with Gasteiger partial charge in [0.15, 0.2) is 0 Å². The number of halogens is 2. The summed E-state index contributed by atoms with van der Waals surface area (Å²) in [6.07, 6.45) is -0.438. The molecule has 0 unspecified atom stereocenters. The lowest BCUT2D eigenvalue weighted by Gasteiger charge is -2.40. The first-order valence-electron chi connectivity index (χ1n) is 13.5. The van der Waals surface area contributed by atoms with Crippen molar-refractivity contribution in [2.75, 3.05) is 13.1 Å². The fourth-order valence-corrected chi connectivity index (χ4v) is 4.51. The van der Waals surface area contributed by atoms with E-state index in [-0.39, 0.29) is 42.0 Å². The minimum Gasteiger partial charge on any atom is -0.473 e. The van der Waals surface area contributed by atoms with Gasteiger partial charge in [0.05, 0.1) is 11.1 Å². The van der Waals surface area contributed by atoms with Crippen LogP contribution in [0.4, 0.5) is 13.6 Å². The Balaban J connectivity index is 1.37. The molecule has 0 aliphatic carbocycles. The second kappa shape index (κ2) is 12.0. The minimum atomic E-state index is -0.736. The topological polar surface area (TPSA) is 60.9 Å². The molecule has 2 heterocycles. The molecule has 1 aliphatic rings. The number of nitrogens with zero attached hydrogens (tertiary/aromatic N) is 2. The van der Waals surface area contributed by atoms with Gasteiger partial charge in [-0.2, -0.15) is 4.98 Å². The van der Waals surface area contributed by atoms with Crippen LogP contribution in [0, 0.1) is 11.6 Å². The van der Waals surface area contributed by atoms with E-state index >= 15 is 8.78 Å². The van der Waals surface area contributed by atoms with Crippen LogP contribution < -0.4 is 9.47 Å². The first-order chi connectivity index (χ1) is 19.7. The van der Waals surface area contributed by atoms with E-state index in [4.69, 9.17) is 14.2 Å². The molecule has 0 N–H and O–H groups in total. The van der Waals surface area contributed by atoms with Gasteiger partial charge in [-0.25, -0.2) is 13.6 Å². The van der Waals surface area contributed by atoms with Gasteiger partial charge in [-0.05, 0) is 55.7 Å². The molecule has 41 heavy (non-hydrogen) atoms. The predicted molar refractivity (Wildman–Crippen MR) is 152 cm³/mol. The second-order valence-corrected chi connectivity index (χ2v) is 11.0. The van der Waals surface area contributed by atoms with Crippen molar-refractivity contribution in [1.82, 2.24) is 9.88 Å². The van der Waals surface area contributed by atoms with Gasteiger partial charge in [0.1, 0.15) is 30.4 Å². The molecule has 0 radical (unpaired) electrons. The van der Waals surface area contributed by atoms with Crippen molar-refractivity contribution in [2.24, 2.45) is 0 Å². The molecule has 0 spiro atoms. The Morgan fingerprint density at radius 1 is 0.854 bits per heavy atom. The molecule has 1 amide bonds. The molecule has 1 aromatic heterocycles. The number of benzene rings is 3. The maximum absolute atomic E-state index is 15.5. The molecule has 0 atom stereocenters. The molecular formula is C33H32F2N2O4. The zero-order valence-corrected chi connectivity index (χ0v) is 23.3. The summed E-state index contributed by atoms with van der Waals surface area (Å²) in [6.45, 7) is 6.47. The van der Waals surface area contributed by atoms with E-state index < -0.39 is 23.3 Å². The summed E-state index contributed by atoms with van der Waals surface area (Å²) >= 11 is 0. The highest BCUT2D eigenvalue weighted by Crippen LogP contribution is 2.38. The Hall–Kier alpha value is -4.46. The van der Waals surface area contributed by atoms with Crippen LogP contribution in [0.5, 0.6) is 11.8 Å². The maximum atomic E-state index is 15.5. The van der Waals surface area contributed by atoms with Crippen molar-refractivity contribution < 1.29 is 27.8 Å². The van der Waals surface area contributed by atoms with E-state index in [1.807, 2.05) is 60.7 Å². The summed E-state index contributed by atoms with van der Waals surface area (Å²) in [7, 11) is 0. The van der Waals surface area contributed by atoms with Crippen LogP contribution in [0.2, 0.25) is 0 Å². The van der Waals surface area contributed by atoms with Crippen LogP contribution >= 0.6 is 0 Å². The average molecular weight is 559 g/mol. The third-order valence-corrected chi connectivity index (χ3v) is 6.62. The van der Waals surface area contributed by atoms with Crippen LogP contribution in [-0.2, 0) is 18.0 Å². The summed E-state index contributed by atoms with van der Waals surface area (Å²) in [4.78, 5) is 18.3. The molecular weight excluding hydrogens is 526 g/mol. The Labute approximate surface area is 238 Å². The van der Waals surface area contributed by atoms with Gasteiger partial charge in [0, 0.05) is 25.1 Å². The van der Waals surface area contributed by atoms with Crippen LogP contribution in [0.25, 0.3) is 11.1 Å².